The number of carbonyl (C=O) groups is 1. The summed E-state index contributed by atoms with van der Waals surface area (Å²) in [6, 6.07) is 12.8. The molecule has 0 bridgehead atoms. The Balaban J connectivity index is 1.66. The number of hydrogen-bond donors (Lipinski definition) is 2. The van der Waals surface area contributed by atoms with Crippen molar-refractivity contribution >= 4 is 17.4 Å². The van der Waals surface area contributed by atoms with E-state index in [1.54, 1.807) is 18.2 Å². The number of hydrogen-bond acceptors (Lipinski definition) is 3. The molecule has 0 unspecified atom stereocenters. The van der Waals surface area contributed by atoms with Crippen LogP contribution in [0.2, 0.25) is 0 Å². The molecule has 0 radical (unpaired) electrons. The number of fused-ring (bicyclic) bond motifs is 1. The molecule has 0 spiro atoms. The molecule has 2 amide bonds. The molecule has 0 aromatic heterocycles. The van der Waals surface area contributed by atoms with Crippen LogP contribution in [0.15, 0.2) is 42.5 Å². The van der Waals surface area contributed by atoms with Gasteiger partial charge in [-0.3, -0.25) is 0 Å². The fourth-order valence-electron chi connectivity index (χ4n) is 2.24. The van der Waals surface area contributed by atoms with Crippen molar-refractivity contribution in [3.05, 3.63) is 48.0 Å². The van der Waals surface area contributed by atoms with Gasteiger partial charge in [0.25, 0.3) is 0 Å². The van der Waals surface area contributed by atoms with Crippen LogP contribution in [0.1, 0.15) is 25.3 Å². The predicted octanol–water partition coefficient (Wildman–Crippen LogP) is 4.18. The molecule has 1 aliphatic heterocycles. The van der Waals surface area contributed by atoms with Crippen LogP contribution >= 0.6 is 0 Å². The van der Waals surface area contributed by atoms with Gasteiger partial charge in [-0.05, 0) is 35.7 Å². The minimum Gasteiger partial charge on any atom is -0.454 e. The highest BCUT2D eigenvalue weighted by Gasteiger charge is 2.14. The van der Waals surface area contributed by atoms with E-state index in [0.29, 0.717) is 23.1 Å². The fraction of sp³-hybridized carbons (Fsp3) is 0.235. The first-order valence-corrected chi connectivity index (χ1v) is 7.19. The second-order valence-corrected chi connectivity index (χ2v) is 5.43. The van der Waals surface area contributed by atoms with E-state index in [4.69, 9.17) is 9.47 Å². The van der Waals surface area contributed by atoms with Crippen molar-refractivity contribution in [3.63, 3.8) is 0 Å². The first-order valence-electron chi connectivity index (χ1n) is 7.19. The standard InChI is InChI=1S/C17H18N2O3/c1-11(2)12-4-3-5-13(8-12)18-17(20)19-14-6-7-15-16(9-14)22-10-21-15/h3-9,11H,10H2,1-2H3,(H2,18,19,20). The smallest absolute Gasteiger partial charge is 0.323 e. The van der Waals surface area contributed by atoms with Crippen molar-refractivity contribution in [2.45, 2.75) is 19.8 Å². The molecule has 0 saturated carbocycles. The maximum atomic E-state index is 12.1. The first-order chi connectivity index (χ1) is 10.6. The number of amides is 2. The maximum absolute atomic E-state index is 12.1. The van der Waals surface area contributed by atoms with Gasteiger partial charge in [-0.25, -0.2) is 4.79 Å². The third-order valence-corrected chi connectivity index (χ3v) is 3.44. The summed E-state index contributed by atoms with van der Waals surface area (Å²) in [6.45, 7) is 4.45. The highest BCUT2D eigenvalue weighted by atomic mass is 16.7. The fourth-order valence-corrected chi connectivity index (χ4v) is 2.24. The molecule has 2 aromatic rings. The monoisotopic (exact) mass is 298 g/mol. The predicted molar refractivity (Wildman–Crippen MR) is 85.7 cm³/mol. The van der Waals surface area contributed by atoms with Crippen LogP contribution in [0.4, 0.5) is 16.2 Å². The van der Waals surface area contributed by atoms with Crippen LogP contribution in [0.5, 0.6) is 11.5 Å². The number of ether oxygens (including phenoxy) is 2. The van der Waals surface area contributed by atoms with Gasteiger partial charge in [0.05, 0.1) is 0 Å². The molecular weight excluding hydrogens is 280 g/mol. The van der Waals surface area contributed by atoms with E-state index in [2.05, 4.69) is 24.5 Å². The van der Waals surface area contributed by atoms with E-state index in [1.165, 1.54) is 5.56 Å². The summed E-state index contributed by atoms with van der Waals surface area (Å²) in [6.07, 6.45) is 0. The SMILES string of the molecule is CC(C)c1cccc(NC(=O)Nc2ccc3c(c2)OCO3)c1. The average Bonchev–Trinajstić information content (AvgIpc) is 2.95. The van der Waals surface area contributed by atoms with Gasteiger partial charge in [-0.15, -0.1) is 0 Å². The van der Waals surface area contributed by atoms with Crippen molar-refractivity contribution in [2.75, 3.05) is 17.4 Å². The summed E-state index contributed by atoms with van der Waals surface area (Å²) < 4.78 is 10.5. The van der Waals surface area contributed by atoms with Crippen LogP contribution < -0.4 is 20.1 Å². The van der Waals surface area contributed by atoms with E-state index < -0.39 is 0 Å². The summed E-state index contributed by atoms with van der Waals surface area (Å²) in [5.74, 6) is 1.74. The minimum absolute atomic E-state index is 0.215. The quantitative estimate of drug-likeness (QED) is 0.893. The average molecular weight is 298 g/mol. The highest BCUT2D eigenvalue weighted by molar-refractivity contribution is 6.00. The van der Waals surface area contributed by atoms with Gasteiger partial charge in [0.2, 0.25) is 6.79 Å². The van der Waals surface area contributed by atoms with E-state index in [-0.39, 0.29) is 12.8 Å². The lowest BCUT2D eigenvalue weighted by molar-refractivity contribution is 0.174. The van der Waals surface area contributed by atoms with Crippen molar-refractivity contribution in [3.8, 4) is 11.5 Å². The largest absolute Gasteiger partial charge is 0.454 e. The number of rotatable bonds is 3. The molecule has 0 saturated heterocycles. The molecule has 0 atom stereocenters. The molecule has 2 N–H and O–H groups in total. The van der Waals surface area contributed by atoms with Crippen LogP contribution in [0.25, 0.3) is 0 Å². The van der Waals surface area contributed by atoms with E-state index >= 15 is 0 Å². The minimum atomic E-state index is -0.292. The van der Waals surface area contributed by atoms with Gasteiger partial charge < -0.3 is 20.1 Å². The second-order valence-electron chi connectivity index (χ2n) is 5.43. The highest BCUT2D eigenvalue weighted by Crippen LogP contribution is 2.34. The lowest BCUT2D eigenvalue weighted by Crippen LogP contribution is -2.19. The lowest BCUT2D eigenvalue weighted by Gasteiger charge is -2.11. The Kier molecular flexibility index (Phi) is 3.87. The number of urea groups is 1. The van der Waals surface area contributed by atoms with Gasteiger partial charge in [-0.1, -0.05) is 26.0 Å². The number of carbonyl (C=O) groups excluding carboxylic acids is 1. The van der Waals surface area contributed by atoms with Crippen LogP contribution in [-0.2, 0) is 0 Å². The zero-order valence-electron chi connectivity index (χ0n) is 12.6. The Morgan fingerprint density at radius 1 is 1.00 bits per heavy atom. The van der Waals surface area contributed by atoms with Crippen molar-refractivity contribution in [2.24, 2.45) is 0 Å². The Hall–Kier alpha value is -2.69. The van der Waals surface area contributed by atoms with Crippen molar-refractivity contribution in [1.82, 2.24) is 0 Å². The summed E-state index contributed by atoms with van der Waals surface area (Å²) in [7, 11) is 0. The molecule has 3 rings (SSSR count). The number of anilines is 2. The van der Waals surface area contributed by atoms with Gasteiger partial charge in [0, 0.05) is 17.4 Å². The molecule has 1 heterocycles. The van der Waals surface area contributed by atoms with Crippen molar-refractivity contribution in [1.29, 1.82) is 0 Å². The van der Waals surface area contributed by atoms with E-state index in [9.17, 15) is 4.79 Å². The molecular formula is C17H18N2O3. The Labute approximate surface area is 129 Å². The molecule has 114 valence electrons. The van der Waals surface area contributed by atoms with Crippen LogP contribution in [0.3, 0.4) is 0 Å². The molecule has 5 heteroatoms. The summed E-state index contributed by atoms with van der Waals surface area (Å²) in [5.41, 5.74) is 2.60. The topological polar surface area (TPSA) is 59.6 Å². The molecule has 2 aromatic carbocycles. The van der Waals surface area contributed by atoms with Crippen LogP contribution in [0, 0.1) is 0 Å². The van der Waals surface area contributed by atoms with Gasteiger partial charge >= 0.3 is 6.03 Å². The lowest BCUT2D eigenvalue weighted by atomic mass is 10.0. The summed E-state index contributed by atoms with van der Waals surface area (Å²) in [4.78, 5) is 12.1. The third-order valence-electron chi connectivity index (χ3n) is 3.44. The van der Waals surface area contributed by atoms with Gasteiger partial charge in [0.1, 0.15) is 0 Å². The molecule has 1 aliphatic rings. The van der Waals surface area contributed by atoms with Crippen molar-refractivity contribution < 1.29 is 14.3 Å². The second kappa shape index (κ2) is 5.97. The van der Waals surface area contributed by atoms with E-state index in [1.807, 2.05) is 24.3 Å². The first kappa shape index (κ1) is 14.3. The zero-order valence-corrected chi connectivity index (χ0v) is 12.6. The summed E-state index contributed by atoms with van der Waals surface area (Å²) >= 11 is 0. The molecule has 0 aliphatic carbocycles. The van der Waals surface area contributed by atoms with E-state index in [0.717, 1.165) is 5.69 Å². The number of benzene rings is 2. The Bertz CT molecular complexity index is 698. The van der Waals surface area contributed by atoms with Gasteiger partial charge in [0.15, 0.2) is 11.5 Å². The Morgan fingerprint density at radius 3 is 2.50 bits per heavy atom. The normalized spacial score (nSPS) is 12.3. The molecule has 0 fully saturated rings. The Morgan fingerprint density at radius 2 is 1.73 bits per heavy atom. The third kappa shape index (κ3) is 3.14. The van der Waals surface area contributed by atoms with Gasteiger partial charge in [-0.2, -0.15) is 0 Å². The maximum Gasteiger partial charge on any atom is 0.323 e. The zero-order chi connectivity index (χ0) is 15.5. The molecule has 22 heavy (non-hydrogen) atoms. The molecule has 5 nitrogen and oxygen atoms in total. The summed E-state index contributed by atoms with van der Waals surface area (Å²) in [5, 5.41) is 5.61. The number of nitrogens with one attached hydrogen (secondary N) is 2. The van der Waals surface area contributed by atoms with Crippen LogP contribution in [-0.4, -0.2) is 12.8 Å².